The lowest BCUT2D eigenvalue weighted by atomic mass is 9.89. The van der Waals surface area contributed by atoms with Crippen molar-refractivity contribution in [2.75, 3.05) is 44.6 Å². The van der Waals surface area contributed by atoms with Gasteiger partial charge in [0.1, 0.15) is 5.75 Å². The second-order valence-corrected chi connectivity index (χ2v) is 14.8. The van der Waals surface area contributed by atoms with E-state index in [0.29, 0.717) is 18.9 Å². The molecule has 1 aliphatic heterocycles. The Morgan fingerprint density at radius 3 is 2.42 bits per heavy atom. The Balaban J connectivity index is 1.62. The van der Waals surface area contributed by atoms with Crippen LogP contribution in [0.15, 0.2) is 53.4 Å². The molecule has 0 unspecified atom stereocenters. The zero-order chi connectivity index (χ0) is 32.4. The van der Waals surface area contributed by atoms with Gasteiger partial charge in [-0.05, 0) is 89.2 Å². The Morgan fingerprint density at radius 2 is 1.71 bits per heavy atom. The van der Waals surface area contributed by atoms with Gasteiger partial charge in [0.05, 0.1) is 35.3 Å². The number of likely N-dealkylation sites (N-methyl/N-ethyl adjacent to an activating group) is 1. The molecule has 2 N–H and O–H groups in total. The summed E-state index contributed by atoms with van der Waals surface area (Å²) in [6, 6.07) is 12.5. The van der Waals surface area contributed by atoms with Gasteiger partial charge in [0.2, 0.25) is 0 Å². The number of ether oxygens (including phenoxy) is 2. The normalized spacial score (nSPS) is 23.6. The van der Waals surface area contributed by atoms with E-state index in [9.17, 15) is 18.3 Å². The van der Waals surface area contributed by atoms with Crippen LogP contribution in [0.2, 0.25) is 0 Å². The number of fused-ring (bicyclic) bond motifs is 1. The number of carbonyl (C=O) groups excluding carboxylic acids is 1. The van der Waals surface area contributed by atoms with E-state index in [-0.39, 0.29) is 46.8 Å². The monoisotopic (exact) mass is 643 g/mol. The summed E-state index contributed by atoms with van der Waals surface area (Å²) >= 11 is 0. The fraction of sp³-hybridized carbons (Fsp3) is 0.629. The topological polar surface area (TPSA) is 108 Å². The first kappa shape index (κ1) is 35.2. The van der Waals surface area contributed by atoms with Crippen molar-refractivity contribution < 1.29 is 27.8 Å². The zero-order valence-corrected chi connectivity index (χ0v) is 28.3. The molecule has 0 bridgehead atoms. The number of nitrogens with zero attached hydrogens (tertiary/aromatic N) is 2. The zero-order valence-electron chi connectivity index (χ0n) is 27.5. The van der Waals surface area contributed by atoms with Crippen LogP contribution in [0.1, 0.15) is 82.5 Å². The van der Waals surface area contributed by atoms with Gasteiger partial charge in [0.15, 0.2) is 0 Å². The number of sulfonamides is 1. The molecule has 9 nitrogen and oxygen atoms in total. The van der Waals surface area contributed by atoms with Crippen LogP contribution in [0.3, 0.4) is 0 Å². The molecule has 1 aliphatic carbocycles. The van der Waals surface area contributed by atoms with E-state index in [0.717, 1.165) is 38.3 Å². The first-order valence-electron chi connectivity index (χ1n) is 16.7. The van der Waals surface area contributed by atoms with Gasteiger partial charge in [0.25, 0.3) is 15.9 Å². The summed E-state index contributed by atoms with van der Waals surface area (Å²) < 4.78 is 41.6. The summed E-state index contributed by atoms with van der Waals surface area (Å²) in [4.78, 5) is 18.5. The Kier molecular flexibility index (Phi) is 13.1. The van der Waals surface area contributed by atoms with Crippen molar-refractivity contribution in [1.29, 1.82) is 0 Å². The van der Waals surface area contributed by atoms with Crippen LogP contribution >= 0.6 is 0 Å². The number of anilines is 1. The largest absolute Gasteiger partial charge is 0.490 e. The maximum atomic E-state index is 14.3. The molecule has 2 aromatic carbocycles. The quantitative estimate of drug-likeness (QED) is 0.356. The van der Waals surface area contributed by atoms with Gasteiger partial charge in [-0.25, -0.2) is 8.42 Å². The molecule has 1 amide bonds. The van der Waals surface area contributed by atoms with Crippen molar-refractivity contribution in [1.82, 2.24) is 9.80 Å². The number of hydrogen-bond donors (Lipinski definition) is 2. The predicted molar refractivity (Wildman–Crippen MR) is 178 cm³/mol. The number of carbonyl (C=O) groups is 1. The summed E-state index contributed by atoms with van der Waals surface area (Å²) in [5.41, 5.74) is 0.519. The molecule has 4 rings (SSSR count). The van der Waals surface area contributed by atoms with E-state index in [2.05, 4.69) is 23.6 Å². The molecule has 2 aliphatic rings. The molecule has 0 saturated heterocycles. The van der Waals surface area contributed by atoms with Crippen molar-refractivity contribution in [3.05, 3.63) is 54.1 Å². The minimum absolute atomic E-state index is 0.0113. The van der Waals surface area contributed by atoms with E-state index in [4.69, 9.17) is 9.47 Å². The molecule has 1 saturated carbocycles. The van der Waals surface area contributed by atoms with Crippen molar-refractivity contribution in [3.63, 3.8) is 0 Å². The van der Waals surface area contributed by atoms with Crippen LogP contribution in [0.5, 0.6) is 5.75 Å². The molecule has 1 heterocycles. The van der Waals surface area contributed by atoms with Gasteiger partial charge in [-0.3, -0.25) is 9.52 Å². The first-order chi connectivity index (χ1) is 21.6. The highest BCUT2D eigenvalue weighted by Gasteiger charge is 2.31. The number of benzene rings is 2. The van der Waals surface area contributed by atoms with Crippen molar-refractivity contribution in [2.24, 2.45) is 11.8 Å². The predicted octanol–water partition coefficient (Wildman–Crippen LogP) is 5.80. The van der Waals surface area contributed by atoms with Gasteiger partial charge >= 0.3 is 0 Å². The van der Waals surface area contributed by atoms with Crippen LogP contribution in [0.25, 0.3) is 0 Å². The average molecular weight is 644 g/mol. The highest BCUT2D eigenvalue weighted by Crippen LogP contribution is 2.30. The Morgan fingerprint density at radius 1 is 1.00 bits per heavy atom. The fourth-order valence-electron chi connectivity index (χ4n) is 6.45. The third-order valence-electron chi connectivity index (χ3n) is 9.14. The summed E-state index contributed by atoms with van der Waals surface area (Å²) in [5, 5.41) is 10.2. The molecule has 0 aromatic heterocycles. The lowest BCUT2D eigenvalue weighted by Gasteiger charge is -2.36. The molecule has 1 fully saturated rings. The number of rotatable bonds is 9. The molecule has 250 valence electrons. The number of hydrogen-bond acceptors (Lipinski definition) is 7. The number of aliphatic hydroxyl groups is 1. The highest BCUT2D eigenvalue weighted by atomic mass is 32.2. The molecular formula is C35H53N3O6S. The van der Waals surface area contributed by atoms with Crippen molar-refractivity contribution >= 4 is 21.6 Å². The van der Waals surface area contributed by atoms with E-state index in [1.165, 1.54) is 44.2 Å². The first-order valence-corrected chi connectivity index (χ1v) is 18.2. The molecule has 10 heteroatoms. The SMILES string of the molecule is C[C@H](CO)N1C[C@H](C)[C@@H](CN(C)CC2CCCCC2)OCCCC[C@H](C)Oc2ccc(NS(=O)(=O)c3ccccc3)cc2C1=O. The van der Waals surface area contributed by atoms with Crippen LogP contribution in [0.4, 0.5) is 5.69 Å². The minimum Gasteiger partial charge on any atom is -0.490 e. The lowest BCUT2D eigenvalue weighted by molar-refractivity contribution is -0.0190. The van der Waals surface area contributed by atoms with Crippen molar-refractivity contribution in [2.45, 2.75) is 95.3 Å². The maximum absolute atomic E-state index is 14.3. The van der Waals surface area contributed by atoms with Gasteiger partial charge in [0, 0.05) is 37.8 Å². The van der Waals surface area contributed by atoms with Crippen LogP contribution in [0, 0.1) is 11.8 Å². The van der Waals surface area contributed by atoms with E-state index in [1.54, 1.807) is 41.3 Å². The summed E-state index contributed by atoms with van der Waals surface area (Å²) in [6.45, 7) is 8.54. The minimum atomic E-state index is -3.87. The van der Waals surface area contributed by atoms with Gasteiger partial charge < -0.3 is 24.4 Å². The van der Waals surface area contributed by atoms with E-state index in [1.807, 2.05) is 13.8 Å². The molecule has 0 spiro atoms. The van der Waals surface area contributed by atoms with Crippen LogP contribution in [-0.4, -0.2) is 87.4 Å². The van der Waals surface area contributed by atoms with Crippen molar-refractivity contribution in [3.8, 4) is 5.75 Å². The lowest BCUT2D eigenvalue weighted by Crippen LogP contribution is -2.47. The smallest absolute Gasteiger partial charge is 0.261 e. The van der Waals surface area contributed by atoms with Gasteiger partial charge in [-0.15, -0.1) is 0 Å². The standard InChI is InChI=1S/C35H53N3O6S/c1-26-22-38(27(2)25-39)35(40)32-21-30(36-45(41,42)31-16-9-6-10-17-31)18-19-33(32)44-28(3)13-11-12-20-43-34(26)24-37(4)23-29-14-7-5-8-15-29/h6,9-10,16-19,21,26-29,34,36,39H,5,7-8,11-15,20,22-25H2,1-4H3/t26-,27+,28-,34+/m0/s1. The number of nitrogens with one attached hydrogen (secondary N) is 1. The fourth-order valence-corrected chi connectivity index (χ4v) is 7.53. The van der Waals surface area contributed by atoms with E-state index < -0.39 is 16.1 Å². The molecule has 0 radical (unpaired) electrons. The number of amides is 1. The summed E-state index contributed by atoms with van der Waals surface area (Å²) in [6.07, 6.45) is 8.90. The highest BCUT2D eigenvalue weighted by molar-refractivity contribution is 7.92. The number of aliphatic hydroxyl groups excluding tert-OH is 1. The second-order valence-electron chi connectivity index (χ2n) is 13.2. The van der Waals surface area contributed by atoms with E-state index >= 15 is 0 Å². The average Bonchev–Trinajstić information content (AvgIpc) is 3.03. The summed E-state index contributed by atoms with van der Waals surface area (Å²) in [5.74, 6) is 0.784. The Hall–Kier alpha value is -2.66. The Bertz CT molecular complexity index is 1320. The second kappa shape index (κ2) is 16.8. The third kappa shape index (κ3) is 10.2. The molecular weight excluding hydrogens is 590 g/mol. The molecule has 4 atom stereocenters. The Labute approximate surface area is 270 Å². The van der Waals surface area contributed by atoms with Crippen LogP contribution < -0.4 is 9.46 Å². The molecule has 2 aromatic rings. The molecule has 45 heavy (non-hydrogen) atoms. The van der Waals surface area contributed by atoms with Crippen LogP contribution in [-0.2, 0) is 14.8 Å². The van der Waals surface area contributed by atoms with Gasteiger partial charge in [-0.2, -0.15) is 0 Å². The maximum Gasteiger partial charge on any atom is 0.261 e. The third-order valence-corrected chi connectivity index (χ3v) is 10.5. The summed E-state index contributed by atoms with van der Waals surface area (Å²) in [7, 11) is -1.70. The van der Waals surface area contributed by atoms with Gasteiger partial charge in [-0.1, -0.05) is 44.4 Å².